The van der Waals surface area contributed by atoms with E-state index in [4.69, 9.17) is 5.11 Å². The Labute approximate surface area is 134 Å². The third kappa shape index (κ3) is 4.15. The third-order valence-corrected chi connectivity index (χ3v) is 5.12. The maximum absolute atomic E-state index is 11.9. The lowest BCUT2D eigenvalue weighted by molar-refractivity contribution is 0.0696. The fourth-order valence-corrected chi connectivity index (χ4v) is 3.24. The monoisotopic (exact) mass is 367 g/mol. The van der Waals surface area contributed by atoms with E-state index in [9.17, 15) is 9.59 Å². The summed E-state index contributed by atoms with van der Waals surface area (Å²) in [7, 11) is 0. The minimum absolute atomic E-state index is 0.0871. The molecule has 6 heteroatoms. The highest BCUT2D eigenvalue weighted by molar-refractivity contribution is 9.11. The van der Waals surface area contributed by atoms with E-state index in [1.165, 1.54) is 11.3 Å². The van der Waals surface area contributed by atoms with Crippen molar-refractivity contribution in [2.24, 2.45) is 0 Å². The van der Waals surface area contributed by atoms with Gasteiger partial charge in [0.25, 0.3) is 5.91 Å². The Balaban J connectivity index is 1.86. The molecule has 0 aliphatic carbocycles. The molecular formula is C15H14BrNO3S. The molecule has 2 aromatic rings. The molecule has 2 rings (SSSR count). The number of aryl methyl sites for hydroxylation is 1. The highest BCUT2D eigenvalue weighted by Gasteiger charge is 2.10. The van der Waals surface area contributed by atoms with Gasteiger partial charge in [-0.3, -0.25) is 4.79 Å². The normalized spacial score (nSPS) is 10.4. The number of carbonyl (C=O) groups excluding carboxylic acids is 1. The Morgan fingerprint density at radius 3 is 2.48 bits per heavy atom. The van der Waals surface area contributed by atoms with Crippen molar-refractivity contribution in [3.05, 3.63) is 55.7 Å². The number of nitrogens with one attached hydrogen (secondary N) is 1. The molecule has 0 aliphatic rings. The SMILES string of the molecule is Cc1cc(C(=O)NCCc2ccc(C(=O)O)cc2)sc1Br. The first-order valence-corrected chi connectivity index (χ1v) is 7.94. The average molecular weight is 368 g/mol. The second-order valence-electron chi connectivity index (χ2n) is 4.58. The zero-order valence-electron chi connectivity index (χ0n) is 11.4. The number of amides is 1. The molecule has 0 spiro atoms. The molecule has 0 unspecified atom stereocenters. The second-order valence-corrected chi connectivity index (χ2v) is 6.95. The first kappa shape index (κ1) is 15.7. The van der Waals surface area contributed by atoms with Crippen LogP contribution in [0.4, 0.5) is 0 Å². The number of thiophene rings is 1. The van der Waals surface area contributed by atoms with E-state index in [1.807, 2.05) is 13.0 Å². The van der Waals surface area contributed by atoms with Crippen LogP contribution in [-0.2, 0) is 6.42 Å². The van der Waals surface area contributed by atoms with Gasteiger partial charge in [0.05, 0.1) is 14.2 Å². The first-order chi connectivity index (χ1) is 9.97. The van der Waals surface area contributed by atoms with Crippen molar-refractivity contribution in [3.8, 4) is 0 Å². The predicted molar refractivity (Wildman–Crippen MR) is 86.2 cm³/mol. The Hall–Kier alpha value is -1.66. The molecule has 0 radical (unpaired) electrons. The Kier molecular flexibility index (Phi) is 5.14. The van der Waals surface area contributed by atoms with Crippen molar-refractivity contribution >= 4 is 39.1 Å². The molecule has 1 amide bonds. The molecule has 1 heterocycles. The smallest absolute Gasteiger partial charge is 0.335 e. The summed E-state index contributed by atoms with van der Waals surface area (Å²) in [5, 5.41) is 11.7. The van der Waals surface area contributed by atoms with Crippen LogP contribution in [0, 0.1) is 6.92 Å². The van der Waals surface area contributed by atoms with Crippen LogP contribution >= 0.6 is 27.3 Å². The van der Waals surface area contributed by atoms with Gasteiger partial charge in [-0.25, -0.2) is 4.79 Å². The lowest BCUT2D eigenvalue weighted by Gasteiger charge is -2.04. The molecular weight excluding hydrogens is 354 g/mol. The number of benzene rings is 1. The number of hydrogen-bond donors (Lipinski definition) is 2. The summed E-state index contributed by atoms with van der Waals surface area (Å²) < 4.78 is 0.969. The topological polar surface area (TPSA) is 66.4 Å². The van der Waals surface area contributed by atoms with Crippen LogP contribution in [-0.4, -0.2) is 23.5 Å². The van der Waals surface area contributed by atoms with Crippen LogP contribution in [0.5, 0.6) is 0 Å². The summed E-state index contributed by atoms with van der Waals surface area (Å²) in [5.41, 5.74) is 2.31. The van der Waals surface area contributed by atoms with Gasteiger partial charge < -0.3 is 10.4 Å². The molecule has 0 saturated heterocycles. The Morgan fingerprint density at radius 2 is 1.95 bits per heavy atom. The number of carboxylic acids is 1. The second kappa shape index (κ2) is 6.87. The largest absolute Gasteiger partial charge is 0.478 e. The molecule has 2 N–H and O–H groups in total. The molecule has 0 bridgehead atoms. The van der Waals surface area contributed by atoms with Gasteiger partial charge in [0.1, 0.15) is 0 Å². The molecule has 1 aromatic heterocycles. The quantitative estimate of drug-likeness (QED) is 0.849. The van der Waals surface area contributed by atoms with Crippen molar-refractivity contribution in [1.29, 1.82) is 0 Å². The highest BCUT2D eigenvalue weighted by Crippen LogP contribution is 2.27. The lowest BCUT2D eigenvalue weighted by atomic mass is 10.1. The van der Waals surface area contributed by atoms with Crippen molar-refractivity contribution in [3.63, 3.8) is 0 Å². The van der Waals surface area contributed by atoms with Crippen molar-refractivity contribution in [2.45, 2.75) is 13.3 Å². The number of rotatable bonds is 5. The van der Waals surface area contributed by atoms with Gasteiger partial charge in [-0.15, -0.1) is 11.3 Å². The van der Waals surface area contributed by atoms with Gasteiger partial charge in [-0.2, -0.15) is 0 Å². The van der Waals surface area contributed by atoms with Crippen molar-refractivity contribution in [1.82, 2.24) is 5.32 Å². The van der Waals surface area contributed by atoms with Gasteiger partial charge in [-0.1, -0.05) is 12.1 Å². The van der Waals surface area contributed by atoms with Gasteiger partial charge >= 0.3 is 5.97 Å². The number of aromatic carboxylic acids is 1. The summed E-state index contributed by atoms with van der Waals surface area (Å²) in [6, 6.07) is 8.52. The van der Waals surface area contributed by atoms with Crippen molar-refractivity contribution in [2.75, 3.05) is 6.54 Å². The summed E-state index contributed by atoms with van der Waals surface area (Å²) in [6.07, 6.45) is 0.664. The van der Waals surface area contributed by atoms with Crippen LogP contribution in [0.3, 0.4) is 0 Å². The highest BCUT2D eigenvalue weighted by atomic mass is 79.9. The Bertz CT molecular complexity index is 645. The number of halogens is 1. The van der Waals surface area contributed by atoms with Crippen LogP contribution < -0.4 is 5.32 Å². The minimum atomic E-state index is -0.937. The zero-order valence-corrected chi connectivity index (χ0v) is 13.8. The Morgan fingerprint density at radius 1 is 1.29 bits per heavy atom. The third-order valence-electron chi connectivity index (χ3n) is 2.98. The van der Waals surface area contributed by atoms with Gasteiger partial charge in [-0.05, 0) is 58.6 Å². The summed E-state index contributed by atoms with van der Waals surface area (Å²) in [5.74, 6) is -1.02. The van der Waals surface area contributed by atoms with Gasteiger partial charge in [0.15, 0.2) is 0 Å². The maximum atomic E-state index is 11.9. The van der Waals surface area contributed by atoms with E-state index in [0.717, 1.165) is 14.9 Å². The lowest BCUT2D eigenvalue weighted by Crippen LogP contribution is -2.24. The van der Waals surface area contributed by atoms with E-state index in [1.54, 1.807) is 24.3 Å². The maximum Gasteiger partial charge on any atom is 0.335 e. The average Bonchev–Trinajstić information content (AvgIpc) is 2.79. The molecule has 21 heavy (non-hydrogen) atoms. The molecule has 4 nitrogen and oxygen atoms in total. The van der Waals surface area contributed by atoms with Crippen LogP contribution in [0.2, 0.25) is 0 Å². The van der Waals surface area contributed by atoms with E-state index < -0.39 is 5.97 Å². The van der Waals surface area contributed by atoms with Crippen LogP contribution in [0.15, 0.2) is 34.1 Å². The molecule has 0 aliphatic heterocycles. The standard InChI is InChI=1S/C15H14BrNO3S/c1-9-8-12(21-13(9)16)14(18)17-7-6-10-2-4-11(5-3-10)15(19)20/h2-5,8H,6-7H2,1H3,(H,17,18)(H,19,20). The van der Waals surface area contributed by atoms with Gasteiger partial charge in [0.2, 0.25) is 0 Å². The van der Waals surface area contributed by atoms with E-state index in [2.05, 4.69) is 21.2 Å². The van der Waals surface area contributed by atoms with E-state index in [0.29, 0.717) is 17.8 Å². The van der Waals surface area contributed by atoms with Gasteiger partial charge in [0, 0.05) is 6.54 Å². The molecule has 0 fully saturated rings. The minimum Gasteiger partial charge on any atom is -0.478 e. The van der Waals surface area contributed by atoms with E-state index >= 15 is 0 Å². The number of hydrogen-bond acceptors (Lipinski definition) is 3. The van der Waals surface area contributed by atoms with E-state index in [-0.39, 0.29) is 11.5 Å². The summed E-state index contributed by atoms with van der Waals surface area (Å²) >= 11 is 4.81. The number of carbonyl (C=O) groups is 2. The van der Waals surface area contributed by atoms with Crippen LogP contribution in [0.25, 0.3) is 0 Å². The molecule has 0 saturated carbocycles. The molecule has 0 atom stereocenters. The predicted octanol–water partition coefficient (Wildman–Crippen LogP) is 3.49. The molecule has 110 valence electrons. The number of carboxylic acid groups (broad SMARTS) is 1. The summed E-state index contributed by atoms with van der Waals surface area (Å²) in [6.45, 7) is 2.46. The fourth-order valence-electron chi connectivity index (χ4n) is 1.79. The van der Waals surface area contributed by atoms with Crippen LogP contribution in [0.1, 0.15) is 31.2 Å². The van der Waals surface area contributed by atoms with Crippen molar-refractivity contribution < 1.29 is 14.7 Å². The first-order valence-electron chi connectivity index (χ1n) is 6.33. The fraction of sp³-hybridized carbons (Fsp3) is 0.200. The summed E-state index contributed by atoms with van der Waals surface area (Å²) in [4.78, 5) is 23.4. The molecule has 1 aromatic carbocycles. The zero-order chi connectivity index (χ0) is 15.4.